The molecule has 0 saturated carbocycles. The van der Waals surface area contributed by atoms with Crippen LogP contribution in [0.3, 0.4) is 0 Å². The maximum absolute atomic E-state index is 12.2. The summed E-state index contributed by atoms with van der Waals surface area (Å²) in [7, 11) is -0.414. The molecule has 0 aromatic carbocycles. The average Bonchev–Trinajstić information content (AvgIpc) is 2.98. The predicted octanol–water partition coefficient (Wildman–Crippen LogP) is -0.200. The van der Waals surface area contributed by atoms with Crippen LogP contribution in [0, 0.1) is 5.92 Å². The molecule has 1 amide bonds. The van der Waals surface area contributed by atoms with Gasteiger partial charge in [-0.15, -0.1) is 0 Å². The first-order valence-corrected chi connectivity index (χ1v) is 8.88. The van der Waals surface area contributed by atoms with Crippen molar-refractivity contribution in [3.05, 3.63) is 0 Å². The summed E-state index contributed by atoms with van der Waals surface area (Å²) in [6.45, 7) is 2.03. The average molecular weight is 319 g/mol. The van der Waals surface area contributed by atoms with Crippen LogP contribution in [0.4, 0.5) is 0 Å². The molecular weight excluding hydrogens is 294 g/mol. The van der Waals surface area contributed by atoms with Gasteiger partial charge in [-0.1, -0.05) is 0 Å². The van der Waals surface area contributed by atoms with E-state index in [4.69, 9.17) is 4.74 Å². The Kier molecular flexibility index (Phi) is 5.59. The summed E-state index contributed by atoms with van der Waals surface area (Å²) in [5.41, 5.74) is 0. The van der Waals surface area contributed by atoms with Crippen LogP contribution in [-0.2, 0) is 19.7 Å². The number of hydrogen-bond acceptors (Lipinski definition) is 4. The Hall–Kier alpha value is -0.700. The minimum atomic E-state index is -3.44. The Morgan fingerprint density at radius 3 is 2.71 bits per heavy atom. The lowest BCUT2D eigenvalue weighted by molar-refractivity contribution is -0.126. The molecule has 2 fully saturated rings. The minimum Gasteiger partial charge on any atom is -0.376 e. The molecule has 0 bridgehead atoms. The summed E-state index contributed by atoms with van der Waals surface area (Å²) in [4.78, 5) is 12.2. The Morgan fingerprint density at radius 1 is 1.33 bits per heavy atom. The topological polar surface area (TPSA) is 79.0 Å². The molecule has 2 heterocycles. The molecule has 0 aliphatic carbocycles. The number of carbonyl (C=O) groups excluding carboxylic acids is 1. The van der Waals surface area contributed by atoms with Gasteiger partial charge in [-0.2, -0.15) is 17.0 Å². The van der Waals surface area contributed by atoms with E-state index >= 15 is 0 Å². The van der Waals surface area contributed by atoms with Crippen molar-refractivity contribution in [3.63, 3.8) is 0 Å². The van der Waals surface area contributed by atoms with Crippen LogP contribution >= 0.6 is 0 Å². The number of rotatable bonds is 5. The second kappa shape index (κ2) is 7.04. The highest BCUT2D eigenvalue weighted by Crippen LogP contribution is 2.20. The number of hydrogen-bond donors (Lipinski definition) is 1. The summed E-state index contributed by atoms with van der Waals surface area (Å²) in [6.07, 6.45) is 3.58. The molecule has 122 valence electrons. The Bertz CT molecular complexity index is 460. The van der Waals surface area contributed by atoms with Gasteiger partial charge in [0.05, 0.1) is 12.0 Å². The third kappa shape index (κ3) is 4.15. The van der Waals surface area contributed by atoms with E-state index in [-0.39, 0.29) is 24.5 Å². The molecule has 2 saturated heterocycles. The fourth-order valence-electron chi connectivity index (χ4n) is 2.76. The first kappa shape index (κ1) is 16.7. The molecule has 0 aromatic heterocycles. The second-order valence-corrected chi connectivity index (χ2v) is 8.01. The van der Waals surface area contributed by atoms with Crippen LogP contribution in [0.25, 0.3) is 0 Å². The van der Waals surface area contributed by atoms with Crippen molar-refractivity contribution in [3.8, 4) is 0 Å². The van der Waals surface area contributed by atoms with Crippen molar-refractivity contribution < 1.29 is 17.9 Å². The van der Waals surface area contributed by atoms with Gasteiger partial charge in [-0.25, -0.2) is 0 Å². The van der Waals surface area contributed by atoms with Crippen molar-refractivity contribution in [2.24, 2.45) is 5.92 Å². The number of amides is 1. The standard InChI is InChI=1S/C13H25N3O4S/c1-15(2)21(18,19)16-7-3-5-11(10-16)13(17)14-9-12-6-4-8-20-12/h11-12H,3-10H2,1-2H3,(H,14,17). The fourth-order valence-corrected chi connectivity index (χ4v) is 3.95. The summed E-state index contributed by atoms with van der Waals surface area (Å²) in [6, 6.07) is 0. The Balaban J connectivity index is 1.86. The van der Waals surface area contributed by atoms with Crippen LogP contribution in [0.15, 0.2) is 0 Å². The zero-order valence-corrected chi connectivity index (χ0v) is 13.6. The molecule has 2 atom stereocenters. The summed E-state index contributed by atoms with van der Waals surface area (Å²) in [5.74, 6) is -0.334. The summed E-state index contributed by atoms with van der Waals surface area (Å²) in [5, 5.41) is 2.90. The number of nitrogens with zero attached hydrogens (tertiary/aromatic N) is 2. The monoisotopic (exact) mass is 319 g/mol. The molecule has 0 aromatic rings. The zero-order chi connectivity index (χ0) is 15.5. The molecule has 0 spiro atoms. The van der Waals surface area contributed by atoms with Crippen molar-refractivity contribution in [1.82, 2.24) is 13.9 Å². The Labute approximate surface area is 126 Å². The maximum atomic E-state index is 12.2. The van der Waals surface area contributed by atoms with Crippen molar-refractivity contribution >= 4 is 16.1 Å². The van der Waals surface area contributed by atoms with E-state index in [1.807, 2.05) is 0 Å². The van der Waals surface area contributed by atoms with Crippen molar-refractivity contribution in [2.45, 2.75) is 31.8 Å². The molecular formula is C13H25N3O4S. The van der Waals surface area contributed by atoms with E-state index < -0.39 is 10.2 Å². The Morgan fingerprint density at radius 2 is 2.10 bits per heavy atom. The summed E-state index contributed by atoms with van der Waals surface area (Å²) < 4.78 is 32.3. The first-order chi connectivity index (χ1) is 9.91. The van der Waals surface area contributed by atoms with E-state index in [2.05, 4.69) is 5.32 Å². The van der Waals surface area contributed by atoms with Crippen LogP contribution in [-0.4, -0.2) is 69.4 Å². The van der Waals surface area contributed by atoms with Crippen LogP contribution in [0.5, 0.6) is 0 Å². The van der Waals surface area contributed by atoms with E-state index in [1.54, 1.807) is 0 Å². The largest absolute Gasteiger partial charge is 0.376 e. The molecule has 2 rings (SSSR count). The van der Waals surface area contributed by atoms with Crippen LogP contribution in [0.1, 0.15) is 25.7 Å². The predicted molar refractivity (Wildman–Crippen MR) is 78.9 cm³/mol. The van der Waals surface area contributed by atoms with Gasteiger partial charge in [0.15, 0.2) is 0 Å². The van der Waals surface area contributed by atoms with Gasteiger partial charge in [0.25, 0.3) is 10.2 Å². The van der Waals surface area contributed by atoms with Gasteiger partial charge in [0, 0.05) is 40.3 Å². The van der Waals surface area contributed by atoms with Gasteiger partial charge in [-0.05, 0) is 25.7 Å². The highest BCUT2D eigenvalue weighted by Gasteiger charge is 2.33. The SMILES string of the molecule is CN(C)S(=O)(=O)N1CCCC(C(=O)NCC2CCCO2)C1. The lowest BCUT2D eigenvalue weighted by atomic mass is 9.99. The van der Waals surface area contributed by atoms with Crippen molar-refractivity contribution in [2.75, 3.05) is 40.3 Å². The minimum absolute atomic E-state index is 0.0656. The van der Waals surface area contributed by atoms with Gasteiger partial charge in [0.2, 0.25) is 5.91 Å². The number of ether oxygens (including phenoxy) is 1. The second-order valence-electron chi connectivity index (χ2n) is 5.87. The van der Waals surface area contributed by atoms with E-state index in [1.165, 1.54) is 22.7 Å². The highest BCUT2D eigenvalue weighted by atomic mass is 32.2. The van der Waals surface area contributed by atoms with E-state index in [9.17, 15) is 13.2 Å². The van der Waals surface area contributed by atoms with Crippen LogP contribution in [0.2, 0.25) is 0 Å². The van der Waals surface area contributed by atoms with Gasteiger partial charge in [-0.3, -0.25) is 4.79 Å². The van der Waals surface area contributed by atoms with E-state index in [0.29, 0.717) is 19.5 Å². The highest BCUT2D eigenvalue weighted by molar-refractivity contribution is 7.86. The molecule has 21 heavy (non-hydrogen) atoms. The normalized spacial score (nSPS) is 28.0. The molecule has 2 aliphatic rings. The number of carbonyl (C=O) groups is 1. The number of nitrogens with one attached hydrogen (secondary N) is 1. The lowest BCUT2D eigenvalue weighted by Crippen LogP contribution is -2.49. The molecule has 0 radical (unpaired) electrons. The third-order valence-electron chi connectivity index (χ3n) is 4.07. The first-order valence-electron chi connectivity index (χ1n) is 7.48. The van der Waals surface area contributed by atoms with Gasteiger partial charge < -0.3 is 10.1 Å². The maximum Gasteiger partial charge on any atom is 0.281 e. The van der Waals surface area contributed by atoms with E-state index in [0.717, 1.165) is 25.9 Å². The molecule has 2 aliphatic heterocycles. The molecule has 7 nitrogen and oxygen atoms in total. The van der Waals surface area contributed by atoms with Gasteiger partial charge >= 0.3 is 0 Å². The molecule has 2 unspecified atom stereocenters. The quantitative estimate of drug-likeness (QED) is 0.761. The number of piperidine rings is 1. The molecule has 8 heteroatoms. The van der Waals surface area contributed by atoms with Crippen LogP contribution < -0.4 is 5.32 Å². The zero-order valence-electron chi connectivity index (χ0n) is 12.7. The molecule has 1 N–H and O–H groups in total. The summed E-state index contributed by atoms with van der Waals surface area (Å²) >= 11 is 0. The van der Waals surface area contributed by atoms with Crippen molar-refractivity contribution in [1.29, 1.82) is 0 Å². The third-order valence-corrected chi connectivity index (χ3v) is 5.98. The fraction of sp³-hybridized carbons (Fsp3) is 0.923. The lowest BCUT2D eigenvalue weighted by Gasteiger charge is -2.32. The van der Waals surface area contributed by atoms with Gasteiger partial charge in [0.1, 0.15) is 0 Å². The smallest absolute Gasteiger partial charge is 0.281 e.